The van der Waals surface area contributed by atoms with Crippen molar-refractivity contribution in [2.45, 2.75) is 4.90 Å². The second-order valence-corrected chi connectivity index (χ2v) is 1.85. The van der Waals surface area contributed by atoms with E-state index in [1.54, 1.807) is 0 Å². The van der Waals surface area contributed by atoms with Crippen LogP contribution in [-0.4, -0.2) is 11.0 Å². The number of thiol groups is 1. The van der Waals surface area contributed by atoms with E-state index in [0.29, 0.717) is 0 Å². The molecule has 0 aliphatic carbocycles. The molecule has 0 atom stereocenters. The summed E-state index contributed by atoms with van der Waals surface area (Å²) in [4.78, 5) is 1.02. The fourth-order valence-corrected chi connectivity index (χ4v) is 0.600. The van der Waals surface area contributed by atoms with Crippen LogP contribution < -0.4 is 0 Å². The van der Waals surface area contributed by atoms with Crippen LogP contribution in [0.3, 0.4) is 0 Å². The van der Waals surface area contributed by atoms with Crippen molar-refractivity contribution < 1.29 is 15.7 Å². The van der Waals surface area contributed by atoms with E-state index in [-0.39, 0.29) is 15.7 Å². The first-order valence-corrected chi connectivity index (χ1v) is 2.58. The van der Waals surface area contributed by atoms with Gasteiger partial charge < -0.3 is 11.0 Å². The second-order valence-electron chi connectivity index (χ2n) is 1.34. The Labute approximate surface area is 64.3 Å². The van der Waals surface area contributed by atoms with Crippen LogP contribution >= 0.6 is 12.6 Å². The van der Waals surface area contributed by atoms with Crippen LogP contribution in [0, 0.1) is 0 Å². The Morgan fingerprint density at radius 2 is 1.30 bits per heavy atom. The van der Waals surface area contributed by atoms with Gasteiger partial charge in [-0.15, -0.1) is 12.6 Å². The Morgan fingerprint density at radius 3 is 1.50 bits per heavy atom. The van der Waals surface area contributed by atoms with Gasteiger partial charge in [-0.2, -0.15) is 0 Å². The van der Waals surface area contributed by atoms with Crippen molar-refractivity contribution in [1.82, 2.24) is 0 Å². The van der Waals surface area contributed by atoms with Crippen LogP contribution in [0.5, 0.6) is 0 Å². The van der Waals surface area contributed by atoms with Crippen molar-refractivity contribution in [2.24, 2.45) is 0 Å². The van der Waals surface area contributed by atoms with Crippen molar-refractivity contribution >= 4 is 12.6 Å². The van der Waals surface area contributed by atoms with Gasteiger partial charge in [0.2, 0.25) is 0 Å². The molecule has 4 N–H and O–H groups in total. The van der Waals surface area contributed by atoms with Crippen molar-refractivity contribution in [2.75, 3.05) is 0 Å². The van der Waals surface area contributed by atoms with Gasteiger partial charge in [-0.05, 0) is 12.1 Å². The van der Waals surface area contributed by atoms with Gasteiger partial charge in [0.05, 0.1) is 0 Å². The highest BCUT2D eigenvalue weighted by atomic mass is 32.1. The summed E-state index contributed by atoms with van der Waals surface area (Å²) in [5.74, 6) is 0. The third-order valence-electron chi connectivity index (χ3n) is 0.756. The summed E-state index contributed by atoms with van der Waals surface area (Å²) in [5, 5.41) is 0. The fourth-order valence-electron chi connectivity index (χ4n) is 0.428. The monoisotopic (exact) mass is 166 g/mol. The molecule has 0 spiro atoms. The summed E-state index contributed by atoms with van der Waals surface area (Å²) >= 11 is 4.08. The maximum atomic E-state index is 4.08. The lowest BCUT2D eigenvalue weighted by Gasteiger charge is -1.81. The minimum Gasteiger partial charge on any atom is -0.412 e. The van der Waals surface area contributed by atoms with E-state index < -0.39 is 0 Å². The molecule has 0 amide bonds. The van der Waals surface area contributed by atoms with Crippen LogP contribution in [0.2, 0.25) is 0 Å². The minimum absolute atomic E-state index is 0. The molecule has 0 unspecified atom stereocenters. The summed E-state index contributed by atoms with van der Waals surface area (Å²) in [5.41, 5.74) is 0. The Balaban J connectivity index is -0.000000163. The van der Waals surface area contributed by atoms with Gasteiger partial charge in [0.15, 0.2) is 0 Å². The maximum Gasteiger partial charge on any atom is 0.00399 e. The predicted octanol–water partition coefficient (Wildman–Crippen LogP) is 0.478. The highest BCUT2D eigenvalue weighted by molar-refractivity contribution is 7.80. The van der Waals surface area contributed by atoms with Crippen molar-refractivity contribution in [3.63, 3.8) is 0 Å². The third kappa shape index (κ3) is 5.55. The zero-order valence-corrected chi connectivity index (χ0v) is 6.14. The van der Waals surface area contributed by atoms with Gasteiger partial charge in [-0.1, -0.05) is 18.2 Å². The van der Waals surface area contributed by atoms with Crippen LogP contribution in [0.15, 0.2) is 35.2 Å². The first kappa shape index (κ1) is 16.2. The lowest BCUT2D eigenvalue weighted by Crippen LogP contribution is -1.56. The molecule has 60 valence electrons. The highest BCUT2D eigenvalue weighted by Gasteiger charge is 1.73. The smallest absolute Gasteiger partial charge is 0.00399 e. The van der Waals surface area contributed by atoms with Gasteiger partial charge in [0.1, 0.15) is 0 Å². The quantitative estimate of drug-likeness (QED) is 0.545. The Hall–Kier alpha value is -0.580. The standard InChI is InChI=1S/C6H6S.FH.2H2O/c7-6-4-2-1-3-5-6;;;/h1-5,7H;1H;2*1H2. The minimum atomic E-state index is 0. The van der Waals surface area contributed by atoms with E-state index in [1.807, 2.05) is 30.3 Å². The molecule has 10 heavy (non-hydrogen) atoms. The highest BCUT2D eigenvalue weighted by Crippen LogP contribution is 2.00. The summed E-state index contributed by atoms with van der Waals surface area (Å²) in [7, 11) is 0. The maximum absolute atomic E-state index is 4.08. The molecule has 0 aliphatic heterocycles. The van der Waals surface area contributed by atoms with Crippen molar-refractivity contribution in [3.8, 4) is 0 Å². The molecule has 4 heteroatoms. The predicted molar refractivity (Wildman–Crippen MR) is 43.4 cm³/mol. The molecule has 0 fully saturated rings. The molecule has 0 radical (unpaired) electrons. The first-order valence-electron chi connectivity index (χ1n) is 2.13. The molecule has 0 heterocycles. The first-order chi connectivity index (χ1) is 3.39. The summed E-state index contributed by atoms with van der Waals surface area (Å²) < 4.78 is 0. The molecular formula is C6H11FO2S. The van der Waals surface area contributed by atoms with E-state index in [4.69, 9.17) is 0 Å². The molecular weight excluding hydrogens is 155 g/mol. The molecule has 0 bridgehead atoms. The van der Waals surface area contributed by atoms with Crippen LogP contribution in [0.4, 0.5) is 4.70 Å². The third-order valence-corrected chi connectivity index (χ3v) is 1.05. The molecule has 0 saturated carbocycles. The Kier molecular flexibility index (Phi) is 13.6. The molecule has 1 aromatic rings. The van der Waals surface area contributed by atoms with Crippen LogP contribution in [0.1, 0.15) is 0 Å². The molecule has 1 aromatic carbocycles. The van der Waals surface area contributed by atoms with E-state index in [0.717, 1.165) is 4.90 Å². The van der Waals surface area contributed by atoms with E-state index >= 15 is 0 Å². The molecule has 0 aliphatic rings. The SMILES string of the molecule is F.O.O.Sc1ccccc1. The molecule has 1 rings (SSSR count). The zero-order valence-electron chi connectivity index (χ0n) is 5.24. The number of rotatable bonds is 0. The average molecular weight is 166 g/mol. The molecule has 0 aromatic heterocycles. The largest absolute Gasteiger partial charge is 0.412 e. The van der Waals surface area contributed by atoms with Gasteiger partial charge in [-0.25, -0.2) is 0 Å². The normalized spacial score (nSPS) is 6.10. The summed E-state index contributed by atoms with van der Waals surface area (Å²) in [6.07, 6.45) is 0. The fraction of sp³-hybridized carbons (Fsp3) is 0. The van der Waals surface area contributed by atoms with Crippen molar-refractivity contribution in [3.05, 3.63) is 30.3 Å². The number of hydrogen-bond donors (Lipinski definition) is 1. The zero-order chi connectivity index (χ0) is 5.11. The van der Waals surface area contributed by atoms with Crippen LogP contribution in [0.25, 0.3) is 0 Å². The Bertz CT molecular complexity index is 146. The number of hydrogen-bond acceptors (Lipinski definition) is 1. The average Bonchev–Trinajstić information content (AvgIpc) is 1.69. The number of halogens is 1. The van der Waals surface area contributed by atoms with Crippen LogP contribution in [-0.2, 0) is 0 Å². The lowest BCUT2D eigenvalue weighted by molar-refractivity contribution is 0.823. The molecule has 2 nitrogen and oxygen atoms in total. The summed E-state index contributed by atoms with van der Waals surface area (Å²) in [6, 6.07) is 9.79. The van der Waals surface area contributed by atoms with Gasteiger partial charge in [0.25, 0.3) is 0 Å². The Morgan fingerprint density at radius 1 is 0.900 bits per heavy atom. The number of benzene rings is 1. The van der Waals surface area contributed by atoms with Gasteiger partial charge >= 0.3 is 0 Å². The lowest BCUT2D eigenvalue weighted by atomic mass is 10.4. The van der Waals surface area contributed by atoms with E-state index in [2.05, 4.69) is 12.6 Å². The van der Waals surface area contributed by atoms with E-state index in [9.17, 15) is 0 Å². The summed E-state index contributed by atoms with van der Waals surface area (Å²) in [6.45, 7) is 0. The van der Waals surface area contributed by atoms with Gasteiger partial charge in [0, 0.05) is 4.90 Å². The van der Waals surface area contributed by atoms with Crippen molar-refractivity contribution in [1.29, 1.82) is 0 Å². The van der Waals surface area contributed by atoms with Gasteiger partial charge in [-0.3, -0.25) is 4.70 Å². The molecule has 0 saturated heterocycles. The second kappa shape index (κ2) is 8.42. The van der Waals surface area contributed by atoms with E-state index in [1.165, 1.54) is 0 Å². The topological polar surface area (TPSA) is 63.0 Å².